The summed E-state index contributed by atoms with van der Waals surface area (Å²) in [6.07, 6.45) is 4.09. The quantitative estimate of drug-likeness (QED) is 0.532. The number of pyridine rings is 1. The normalized spacial score (nSPS) is 11.4. The van der Waals surface area contributed by atoms with Crippen LogP contribution < -0.4 is 4.74 Å². The number of alkyl halides is 3. The highest BCUT2D eigenvalue weighted by Gasteiger charge is 2.31. The van der Waals surface area contributed by atoms with Gasteiger partial charge in [0.1, 0.15) is 17.8 Å². The van der Waals surface area contributed by atoms with Crippen molar-refractivity contribution >= 4 is 38.5 Å². The Morgan fingerprint density at radius 3 is 2.63 bits per heavy atom. The number of hydrogen-bond donors (Lipinski definition) is 0. The van der Waals surface area contributed by atoms with Crippen LogP contribution in [0.3, 0.4) is 0 Å². The minimum absolute atomic E-state index is 0.281. The number of ether oxygens (including phenoxy) is 1. The van der Waals surface area contributed by atoms with Gasteiger partial charge in [-0.25, -0.2) is 9.97 Å². The van der Waals surface area contributed by atoms with Gasteiger partial charge in [0.15, 0.2) is 0 Å². The van der Waals surface area contributed by atoms with E-state index >= 15 is 0 Å². The van der Waals surface area contributed by atoms with E-state index in [0.29, 0.717) is 16.1 Å². The minimum Gasteiger partial charge on any atom is -0.436 e. The molecular weight excluding hydrogens is 435 g/mol. The Hall–Kier alpha value is -0.900. The first kappa shape index (κ1) is 14.5. The number of hydrogen-bond acceptors (Lipinski definition) is 4. The smallest absolute Gasteiger partial charge is 0.298 e. The highest BCUT2D eigenvalue weighted by atomic mass is 127. The number of nitrogens with zero attached hydrogens (tertiary/aromatic N) is 3. The third kappa shape index (κ3) is 3.56. The molecule has 0 spiro atoms. The molecule has 0 bridgehead atoms. The maximum absolute atomic E-state index is 13.4. The lowest BCUT2D eigenvalue weighted by Crippen LogP contribution is -2.16. The fourth-order valence-electron chi connectivity index (χ4n) is 1.21. The zero-order valence-electron chi connectivity index (χ0n) is 9.36. The minimum atomic E-state index is -2.94. The molecule has 100 valence electrons. The van der Waals surface area contributed by atoms with Gasteiger partial charge in [0.2, 0.25) is 5.88 Å². The molecule has 19 heavy (non-hydrogen) atoms. The molecule has 0 atom stereocenters. The van der Waals surface area contributed by atoms with Crippen molar-refractivity contribution in [3.05, 3.63) is 41.0 Å². The first-order valence-electron chi connectivity index (χ1n) is 5.06. The van der Waals surface area contributed by atoms with E-state index in [0.717, 1.165) is 0 Å². The summed E-state index contributed by atoms with van der Waals surface area (Å²) < 4.78 is 32.4. The Morgan fingerprint density at radius 2 is 2.05 bits per heavy atom. The molecule has 0 saturated heterocycles. The second-order valence-corrected chi connectivity index (χ2v) is 5.11. The Balaban J connectivity index is 2.18. The first-order chi connectivity index (χ1) is 9.03. The third-order valence-electron chi connectivity index (χ3n) is 2.13. The molecule has 0 unspecified atom stereocenters. The molecule has 2 rings (SSSR count). The molecule has 0 aliphatic rings. The third-order valence-corrected chi connectivity index (χ3v) is 3.63. The standard InChI is InChI=1S/C11H7BrF2IN3O/c12-8-4-16-6-18-10(8)19-7-1-2-9(17-3-7)11(13,14)5-15/h1-4,6H,5H2. The largest absolute Gasteiger partial charge is 0.436 e. The van der Waals surface area contributed by atoms with Crippen molar-refractivity contribution in [2.45, 2.75) is 5.92 Å². The molecule has 0 saturated carbocycles. The van der Waals surface area contributed by atoms with Gasteiger partial charge in [0.25, 0.3) is 5.92 Å². The van der Waals surface area contributed by atoms with Crippen molar-refractivity contribution in [2.75, 3.05) is 4.43 Å². The molecule has 2 aromatic heterocycles. The van der Waals surface area contributed by atoms with Crippen molar-refractivity contribution in [1.29, 1.82) is 0 Å². The van der Waals surface area contributed by atoms with Gasteiger partial charge >= 0.3 is 0 Å². The van der Waals surface area contributed by atoms with Crippen LogP contribution in [0.1, 0.15) is 5.69 Å². The van der Waals surface area contributed by atoms with E-state index in [-0.39, 0.29) is 10.1 Å². The topological polar surface area (TPSA) is 47.9 Å². The van der Waals surface area contributed by atoms with Gasteiger partial charge < -0.3 is 4.74 Å². The van der Waals surface area contributed by atoms with Crippen LogP contribution in [0.4, 0.5) is 8.78 Å². The van der Waals surface area contributed by atoms with Crippen LogP contribution in [0.15, 0.2) is 35.3 Å². The predicted octanol–water partition coefficient (Wildman–Crippen LogP) is 3.95. The average molecular weight is 442 g/mol. The highest BCUT2D eigenvalue weighted by Crippen LogP contribution is 2.30. The Labute approximate surface area is 129 Å². The molecule has 0 radical (unpaired) electrons. The molecule has 2 aromatic rings. The zero-order valence-corrected chi connectivity index (χ0v) is 13.1. The van der Waals surface area contributed by atoms with Crippen molar-refractivity contribution in [3.8, 4) is 11.6 Å². The molecule has 2 heterocycles. The summed E-state index contributed by atoms with van der Waals surface area (Å²) in [4.78, 5) is 11.4. The van der Waals surface area contributed by atoms with Crippen LogP contribution in [0.5, 0.6) is 11.6 Å². The van der Waals surface area contributed by atoms with E-state index in [1.807, 2.05) is 0 Å². The summed E-state index contributed by atoms with van der Waals surface area (Å²) >= 11 is 4.84. The molecule has 0 aromatic carbocycles. The molecule has 0 aliphatic carbocycles. The van der Waals surface area contributed by atoms with Crippen molar-refractivity contribution in [1.82, 2.24) is 15.0 Å². The molecule has 0 N–H and O–H groups in total. The summed E-state index contributed by atoms with van der Waals surface area (Å²) in [5, 5.41) is 0. The van der Waals surface area contributed by atoms with Crippen molar-refractivity contribution in [2.24, 2.45) is 0 Å². The number of halogens is 4. The predicted molar refractivity (Wildman–Crippen MR) is 76.8 cm³/mol. The Bertz CT molecular complexity index is 568. The lowest BCUT2D eigenvalue weighted by Gasteiger charge is -2.12. The number of aromatic nitrogens is 3. The van der Waals surface area contributed by atoms with Gasteiger partial charge in [-0.3, -0.25) is 4.98 Å². The lowest BCUT2D eigenvalue weighted by atomic mass is 10.2. The first-order valence-corrected chi connectivity index (χ1v) is 7.38. The van der Waals surface area contributed by atoms with Gasteiger partial charge in [0, 0.05) is 6.20 Å². The summed E-state index contributed by atoms with van der Waals surface area (Å²) in [6.45, 7) is 0. The van der Waals surface area contributed by atoms with E-state index in [1.165, 1.54) is 30.9 Å². The summed E-state index contributed by atoms with van der Waals surface area (Å²) in [6, 6.07) is 2.67. The second kappa shape index (κ2) is 6.04. The van der Waals surface area contributed by atoms with Gasteiger partial charge in [0.05, 0.1) is 15.1 Å². The van der Waals surface area contributed by atoms with Gasteiger partial charge in [-0.05, 0) is 28.1 Å². The van der Waals surface area contributed by atoms with Gasteiger partial charge in [-0.15, -0.1) is 0 Å². The Kier molecular flexibility index (Phi) is 4.61. The van der Waals surface area contributed by atoms with Crippen LogP contribution in [0.2, 0.25) is 0 Å². The molecule has 0 amide bonds. The van der Waals surface area contributed by atoms with Gasteiger partial charge in [-0.1, -0.05) is 22.6 Å². The van der Waals surface area contributed by atoms with E-state index in [1.54, 1.807) is 22.6 Å². The zero-order chi connectivity index (χ0) is 13.9. The van der Waals surface area contributed by atoms with E-state index in [4.69, 9.17) is 4.74 Å². The number of rotatable bonds is 4. The molecule has 0 fully saturated rings. The molecule has 0 aliphatic heterocycles. The average Bonchev–Trinajstić information content (AvgIpc) is 2.42. The monoisotopic (exact) mass is 441 g/mol. The molecular formula is C11H7BrF2IN3O. The van der Waals surface area contributed by atoms with Crippen molar-refractivity contribution < 1.29 is 13.5 Å². The molecule has 8 heteroatoms. The van der Waals surface area contributed by atoms with E-state index in [9.17, 15) is 8.78 Å². The maximum Gasteiger partial charge on any atom is 0.298 e. The summed E-state index contributed by atoms with van der Waals surface area (Å²) in [5.74, 6) is -2.31. The van der Waals surface area contributed by atoms with Crippen LogP contribution in [-0.4, -0.2) is 19.4 Å². The van der Waals surface area contributed by atoms with Crippen LogP contribution in [-0.2, 0) is 5.92 Å². The van der Waals surface area contributed by atoms with Crippen LogP contribution in [0, 0.1) is 0 Å². The highest BCUT2D eigenvalue weighted by molar-refractivity contribution is 14.1. The van der Waals surface area contributed by atoms with E-state index < -0.39 is 5.92 Å². The second-order valence-electron chi connectivity index (χ2n) is 3.50. The van der Waals surface area contributed by atoms with Crippen LogP contribution in [0.25, 0.3) is 0 Å². The fourth-order valence-corrected chi connectivity index (χ4v) is 1.91. The maximum atomic E-state index is 13.4. The summed E-state index contributed by atoms with van der Waals surface area (Å²) in [7, 11) is 0. The fraction of sp³-hybridized carbons (Fsp3) is 0.182. The molecule has 4 nitrogen and oxygen atoms in total. The Morgan fingerprint density at radius 1 is 1.26 bits per heavy atom. The van der Waals surface area contributed by atoms with E-state index in [2.05, 4.69) is 30.9 Å². The van der Waals surface area contributed by atoms with Crippen molar-refractivity contribution in [3.63, 3.8) is 0 Å². The summed E-state index contributed by atoms with van der Waals surface area (Å²) in [5.41, 5.74) is -0.281. The lowest BCUT2D eigenvalue weighted by molar-refractivity contribution is 0.0217. The van der Waals surface area contributed by atoms with Gasteiger partial charge in [-0.2, -0.15) is 8.78 Å². The SMILES string of the molecule is FC(F)(CI)c1ccc(Oc2ncncc2Br)cn1. The van der Waals surface area contributed by atoms with Crippen LogP contribution >= 0.6 is 38.5 Å².